The molecule has 1 unspecified atom stereocenters. The van der Waals surface area contributed by atoms with Gasteiger partial charge in [0.05, 0.1) is 26.4 Å². The molecule has 0 saturated carbocycles. The summed E-state index contributed by atoms with van der Waals surface area (Å²) in [6.07, 6.45) is 2.16. The number of aliphatic hydroxyl groups excluding tert-OH is 1. The van der Waals surface area contributed by atoms with E-state index in [1.165, 1.54) is 0 Å². The van der Waals surface area contributed by atoms with Crippen LogP contribution >= 0.6 is 0 Å². The summed E-state index contributed by atoms with van der Waals surface area (Å²) in [5, 5.41) is 10.1. The van der Waals surface area contributed by atoms with Crippen LogP contribution in [0.3, 0.4) is 0 Å². The van der Waals surface area contributed by atoms with Gasteiger partial charge in [-0.3, -0.25) is 4.79 Å². The Morgan fingerprint density at radius 3 is 2.89 bits per heavy atom. The summed E-state index contributed by atoms with van der Waals surface area (Å²) in [4.78, 5) is 19.0. The third-order valence-corrected chi connectivity index (χ3v) is 4.88. The van der Waals surface area contributed by atoms with Crippen LogP contribution in [0, 0.1) is 6.92 Å². The van der Waals surface area contributed by atoms with E-state index in [-0.39, 0.29) is 12.5 Å². The Kier molecular flexibility index (Phi) is 6.08. The van der Waals surface area contributed by atoms with Crippen molar-refractivity contribution in [2.75, 3.05) is 32.9 Å². The number of hydrogen-bond acceptors (Lipinski definition) is 5. The second-order valence-corrected chi connectivity index (χ2v) is 6.81. The van der Waals surface area contributed by atoms with Crippen molar-refractivity contribution in [2.24, 2.45) is 0 Å². The fraction of sp³-hybridized carbons (Fsp3) is 0.429. The second-order valence-electron chi connectivity index (χ2n) is 6.81. The summed E-state index contributed by atoms with van der Waals surface area (Å²) in [5.74, 6) is 0.183. The molecule has 1 atom stereocenters. The van der Waals surface area contributed by atoms with E-state index in [9.17, 15) is 9.90 Å². The van der Waals surface area contributed by atoms with E-state index in [0.29, 0.717) is 44.2 Å². The average Bonchev–Trinajstić information content (AvgIpc) is 2.70. The molecule has 0 radical (unpaired) electrons. The highest BCUT2D eigenvalue weighted by molar-refractivity contribution is 5.96. The fourth-order valence-electron chi connectivity index (χ4n) is 3.41. The number of aliphatic hydroxyl groups is 1. The van der Waals surface area contributed by atoms with Crippen LogP contribution in [0.2, 0.25) is 0 Å². The first-order valence-electron chi connectivity index (χ1n) is 9.25. The minimum Gasteiger partial charge on any atom is -0.477 e. The number of aryl methyl sites for hydroxylation is 1. The molecule has 3 rings (SSSR count). The summed E-state index contributed by atoms with van der Waals surface area (Å²) in [7, 11) is 0. The first-order valence-corrected chi connectivity index (χ1v) is 9.25. The third-order valence-electron chi connectivity index (χ3n) is 4.88. The van der Waals surface area contributed by atoms with Gasteiger partial charge in [-0.15, -0.1) is 0 Å². The van der Waals surface area contributed by atoms with Gasteiger partial charge in [-0.2, -0.15) is 0 Å². The van der Waals surface area contributed by atoms with Crippen molar-refractivity contribution in [3.63, 3.8) is 0 Å². The summed E-state index contributed by atoms with van der Waals surface area (Å²) in [6.45, 7) is 5.34. The first-order chi connectivity index (χ1) is 13.1. The van der Waals surface area contributed by atoms with Gasteiger partial charge in [0.25, 0.3) is 5.91 Å². The molecule has 0 bridgehead atoms. The molecule has 1 aromatic carbocycles. The zero-order valence-electron chi connectivity index (χ0n) is 15.9. The van der Waals surface area contributed by atoms with E-state index in [1.54, 1.807) is 23.2 Å². The highest BCUT2D eigenvalue weighted by atomic mass is 16.5. The van der Waals surface area contributed by atoms with Crippen molar-refractivity contribution in [1.82, 2.24) is 9.88 Å². The van der Waals surface area contributed by atoms with Gasteiger partial charge in [-0.05, 0) is 37.1 Å². The van der Waals surface area contributed by atoms with E-state index in [1.807, 2.05) is 38.1 Å². The van der Waals surface area contributed by atoms with Crippen LogP contribution in [0.4, 0.5) is 0 Å². The number of hydrogen-bond donors (Lipinski definition) is 1. The molecule has 1 aliphatic rings. The van der Waals surface area contributed by atoms with Crippen LogP contribution < -0.4 is 4.74 Å². The Morgan fingerprint density at radius 1 is 1.33 bits per heavy atom. The van der Waals surface area contributed by atoms with Crippen molar-refractivity contribution in [3.05, 3.63) is 59.3 Å². The predicted molar refractivity (Wildman–Crippen MR) is 102 cm³/mol. The van der Waals surface area contributed by atoms with E-state index >= 15 is 0 Å². The molecule has 1 aromatic heterocycles. The number of carbonyl (C=O) groups excluding carboxylic acids is 1. The largest absolute Gasteiger partial charge is 0.477 e. The molecule has 1 amide bonds. The molecule has 1 aliphatic heterocycles. The fourth-order valence-corrected chi connectivity index (χ4v) is 3.41. The molecule has 1 fully saturated rings. The second kappa shape index (κ2) is 8.50. The number of ether oxygens (including phenoxy) is 2. The standard InChI is InChI=1S/C21H26N2O4/c1-3-26-19-18(9-6-10-22-19)20(25)23-11-12-27-21(14-23,15-24)13-17-8-5-4-7-16(17)2/h4-10,24H,3,11-15H2,1-2H3. The van der Waals surface area contributed by atoms with Crippen molar-refractivity contribution < 1.29 is 19.4 Å². The van der Waals surface area contributed by atoms with Gasteiger partial charge < -0.3 is 19.5 Å². The topological polar surface area (TPSA) is 71.9 Å². The van der Waals surface area contributed by atoms with E-state index in [0.717, 1.165) is 11.1 Å². The lowest BCUT2D eigenvalue weighted by Crippen LogP contribution is -2.57. The van der Waals surface area contributed by atoms with Crippen LogP contribution in [-0.2, 0) is 11.2 Å². The molecule has 144 valence electrons. The van der Waals surface area contributed by atoms with Gasteiger partial charge in [-0.25, -0.2) is 4.98 Å². The summed E-state index contributed by atoms with van der Waals surface area (Å²) < 4.78 is 11.5. The number of carbonyl (C=O) groups is 1. The van der Waals surface area contributed by atoms with Gasteiger partial charge in [-0.1, -0.05) is 24.3 Å². The molecule has 27 heavy (non-hydrogen) atoms. The Bertz CT molecular complexity index is 795. The zero-order valence-corrected chi connectivity index (χ0v) is 15.9. The average molecular weight is 370 g/mol. The SMILES string of the molecule is CCOc1ncccc1C(=O)N1CCOC(CO)(Cc2ccccc2C)C1. The monoisotopic (exact) mass is 370 g/mol. The maximum atomic E-state index is 13.1. The number of aromatic nitrogens is 1. The van der Waals surface area contributed by atoms with Crippen molar-refractivity contribution >= 4 is 5.91 Å². The smallest absolute Gasteiger partial charge is 0.259 e. The number of benzene rings is 1. The number of morpholine rings is 1. The number of amides is 1. The van der Waals surface area contributed by atoms with E-state index < -0.39 is 5.60 Å². The molecule has 2 heterocycles. The maximum absolute atomic E-state index is 13.1. The van der Waals surface area contributed by atoms with Gasteiger partial charge >= 0.3 is 0 Å². The Labute approximate surface area is 159 Å². The molecule has 2 aromatic rings. The molecule has 1 saturated heterocycles. The molecule has 6 heteroatoms. The maximum Gasteiger partial charge on any atom is 0.259 e. The molecule has 1 N–H and O–H groups in total. The third kappa shape index (κ3) is 4.28. The normalized spacial score (nSPS) is 19.7. The summed E-state index contributed by atoms with van der Waals surface area (Å²) in [5.41, 5.74) is 1.87. The van der Waals surface area contributed by atoms with Crippen LogP contribution in [0.5, 0.6) is 5.88 Å². The molecule has 0 spiro atoms. The highest BCUT2D eigenvalue weighted by Crippen LogP contribution is 2.27. The van der Waals surface area contributed by atoms with Gasteiger partial charge in [0.15, 0.2) is 0 Å². The first kappa shape index (κ1) is 19.3. The van der Waals surface area contributed by atoms with Crippen LogP contribution in [0.1, 0.15) is 28.4 Å². The number of nitrogens with zero attached hydrogens (tertiary/aromatic N) is 2. The lowest BCUT2D eigenvalue weighted by Gasteiger charge is -2.42. The van der Waals surface area contributed by atoms with E-state index in [4.69, 9.17) is 9.47 Å². The van der Waals surface area contributed by atoms with Gasteiger partial charge in [0.1, 0.15) is 11.2 Å². The predicted octanol–water partition coefficient (Wildman–Crippen LogP) is 2.23. The highest BCUT2D eigenvalue weighted by Gasteiger charge is 2.39. The number of rotatable bonds is 6. The number of pyridine rings is 1. The lowest BCUT2D eigenvalue weighted by atomic mass is 9.90. The van der Waals surface area contributed by atoms with Gasteiger partial charge in [0, 0.05) is 19.2 Å². The molecule has 0 aliphatic carbocycles. The van der Waals surface area contributed by atoms with Crippen molar-refractivity contribution in [1.29, 1.82) is 0 Å². The Morgan fingerprint density at radius 2 is 2.15 bits per heavy atom. The quantitative estimate of drug-likeness (QED) is 0.844. The van der Waals surface area contributed by atoms with Crippen LogP contribution in [-0.4, -0.2) is 59.4 Å². The molecular weight excluding hydrogens is 344 g/mol. The Balaban J connectivity index is 1.82. The Hall–Kier alpha value is -2.44. The minimum atomic E-state index is -0.811. The zero-order chi connectivity index (χ0) is 19.3. The lowest BCUT2D eigenvalue weighted by molar-refractivity contribution is -0.123. The van der Waals surface area contributed by atoms with Crippen molar-refractivity contribution in [2.45, 2.75) is 25.9 Å². The van der Waals surface area contributed by atoms with Gasteiger partial charge in [0.2, 0.25) is 5.88 Å². The van der Waals surface area contributed by atoms with Crippen LogP contribution in [0.25, 0.3) is 0 Å². The van der Waals surface area contributed by atoms with Crippen molar-refractivity contribution in [3.8, 4) is 5.88 Å². The molecular formula is C21H26N2O4. The summed E-state index contributed by atoms with van der Waals surface area (Å²) in [6, 6.07) is 11.5. The minimum absolute atomic E-state index is 0.155. The molecule has 6 nitrogen and oxygen atoms in total. The summed E-state index contributed by atoms with van der Waals surface area (Å²) >= 11 is 0. The van der Waals surface area contributed by atoms with Crippen LogP contribution in [0.15, 0.2) is 42.6 Å². The van der Waals surface area contributed by atoms with E-state index in [2.05, 4.69) is 4.98 Å².